The van der Waals surface area contributed by atoms with Crippen LogP contribution in [0.15, 0.2) is 18.2 Å². The molecule has 25 heavy (non-hydrogen) atoms. The monoisotopic (exact) mass is 359 g/mol. The van der Waals surface area contributed by atoms with E-state index < -0.39 is 0 Å². The van der Waals surface area contributed by atoms with Crippen molar-refractivity contribution in [3.05, 3.63) is 40.0 Å². The summed E-state index contributed by atoms with van der Waals surface area (Å²) >= 11 is 6.29. The molecule has 1 saturated heterocycles. The molecule has 1 amide bonds. The lowest BCUT2D eigenvalue weighted by Gasteiger charge is -2.32. The third-order valence-electron chi connectivity index (χ3n) is 5.02. The van der Waals surface area contributed by atoms with Gasteiger partial charge >= 0.3 is 0 Å². The van der Waals surface area contributed by atoms with Crippen molar-refractivity contribution < 1.29 is 4.79 Å². The van der Waals surface area contributed by atoms with Crippen molar-refractivity contribution in [2.24, 2.45) is 0 Å². The number of pyridine rings is 1. The maximum atomic E-state index is 12.6. The van der Waals surface area contributed by atoms with E-state index in [-0.39, 0.29) is 11.1 Å². The molecule has 0 aliphatic carbocycles. The second-order valence-electron chi connectivity index (χ2n) is 7.14. The molecule has 1 atom stereocenters. The van der Waals surface area contributed by atoms with Crippen molar-refractivity contribution in [1.29, 1.82) is 0 Å². The first-order valence-corrected chi connectivity index (χ1v) is 9.43. The summed E-state index contributed by atoms with van der Waals surface area (Å²) in [6.45, 7) is 9.08. The van der Waals surface area contributed by atoms with Gasteiger partial charge in [0, 0.05) is 18.0 Å². The number of piperidine rings is 1. The molecule has 3 rings (SSSR count). The fourth-order valence-electron chi connectivity index (χ4n) is 3.61. The van der Waals surface area contributed by atoms with Crippen molar-refractivity contribution in [2.75, 3.05) is 19.6 Å². The minimum Gasteiger partial charge on any atom is -0.350 e. The fourth-order valence-corrected chi connectivity index (χ4v) is 3.84. The molecule has 1 unspecified atom stereocenters. The SMILES string of the molecule is Cc1cc(C)c2nc(Cl)c(C(=O)NCC(C)N3CCCCC3)cc2c1. The number of nitrogens with one attached hydrogen (secondary N) is 1. The summed E-state index contributed by atoms with van der Waals surface area (Å²) in [6, 6.07) is 6.30. The Bertz CT molecular complexity index is 784. The molecule has 1 aromatic heterocycles. The van der Waals surface area contributed by atoms with Crippen LogP contribution in [0.3, 0.4) is 0 Å². The predicted molar refractivity (Wildman–Crippen MR) is 103 cm³/mol. The number of aromatic nitrogens is 1. The molecule has 0 saturated carbocycles. The molecule has 4 nitrogen and oxygen atoms in total. The van der Waals surface area contributed by atoms with Crippen LogP contribution in [-0.2, 0) is 0 Å². The van der Waals surface area contributed by atoms with Gasteiger partial charge < -0.3 is 5.32 Å². The quantitative estimate of drug-likeness (QED) is 0.835. The van der Waals surface area contributed by atoms with Gasteiger partial charge in [-0.25, -0.2) is 4.98 Å². The zero-order valence-electron chi connectivity index (χ0n) is 15.2. The Labute approximate surface area is 154 Å². The Hall–Kier alpha value is -1.65. The lowest BCUT2D eigenvalue weighted by molar-refractivity contribution is 0.0930. The first-order chi connectivity index (χ1) is 12.0. The smallest absolute Gasteiger partial charge is 0.254 e. The van der Waals surface area contributed by atoms with Crippen molar-refractivity contribution in [3.8, 4) is 0 Å². The summed E-state index contributed by atoms with van der Waals surface area (Å²) in [4.78, 5) is 19.5. The van der Waals surface area contributed by atoms with E-state index in [4.69, 9.17) is 11.6 Å². The third kappa shape index (κ3) is 4.13. The summed E-state index contributed by atoms with van der Waals surface area (Å²) < 4.78 is 0. The Kier molecular flexibility index (Phi) is 5.60. The van der Waals surface area contributed by atoms with E-state index in [2.05, 4.69) is 28.2 Å². The first kappa shape index (κ1) is 18.2. The van der Waals surface area contributed by atoms with Gasteiger partial charge in [-0.05, 0) is 64.4 Å². The van der Waals surface area contributed by atoms with Crippen molar-refractivity contribution in [2.45, 2.75) is 46.1 Å². The maximum Gasteiger partial charge on any atom is 0.254 e. The van der Waals surface area contributed by atoms with Gasteiger partial charge in [0.15, 0.2) is 0 Å². The van der Waals surface area contributed by atoms with Crippen molar-refractivity contribution in [1.82, 2.24) is 15.2 Å². The number of rotatable bonds is 4. The van der Waals surface area contributed by atoms with E-state index in [0.717, 1.165) is 35.1 Å². The summed E-state index contributed by atoms with van der Waals surface area (Å²) in [5, 5.41) is 4.25. The summed E-state index contributed by atoms with van der Waals surface area (Å²) in [6.07, 6.45) is 3.81. The standard InChI is InChI=1S/C20H26ClN3O/c1-13-9-14(2)18-16(10-13)11-17(19(21)23-18)20(25)22-12-15(3)24-7-5-4-6-8-24/h9-11,15H,4-8,12H2,1-3H3,(H,22,25). The van der Waals surface area contributed by atoms with Crippen LogP contribution >= 0.6 is 11.6 Å². The third-order valence-corrected chi connectivity index (χ3v) is 5.31. The highest BCUT2D eigenvalue weighted by atomic mass is 35.5. The number of nitrogens with zero attached hydrogens (tertiary/aromatic N) is 2. The average molecular weight is 360 g/mol. The highest BCUT2D eigenvalue weighted by Gasteiger charge is 2.19. The number of halogens is 1. The molecule has 2 aromatic rings. The summed E-state index contributed by atoms with van der Waals surface area (Å²) in [7, 11) is 0. The topological polar surface area (TPSA) is 45.2 Å². The van der Waals surface area contributed by atoms with Crippen LogP contribution in [-0.4, -0.2) is 41.5 Å². The number of carbonyl (C=O) groups is 1. The Balaban J connectivity index is 1.74. The van der Waals surface area contributed by atoms with Gasteiger partial charge in [0.2, 0.25) is 0 Å². The van der Waals surface area contributed by atoms with Crippen LogP contribution in [0.5, 0.6) is 0 Å². The molecular weight excluding hydrogens is 334 g/mol. The van der Waals surface area contributed by atoms with E-state index in [1.54, 1.807) is 0 Å². The highest BCUT2D eigenvalue weighted by molar-refractivity contribution is 6.33. The second kappa shape index (κ2) is 7.71. The Morgan fingerprint density at radius 2 is 1.96 bits per heavy atom. The van der Waals surface area contributed by atoms with Gasteiger partial charge in [0.1, 0.15) is 5.15 Å². The van der Waals surface area contributed by atoms with Crippen molar-refractivity contribution >= 4 is 28.4 Å². The molecule has 1 aliphatic rings. The molecule has 1 fully saturated rings. The van der Waals surface area contributed by atoms with Crippen LogP contribution in [0.25, 0.3) is 10.9 Å². The highest BCUT2D eigenvalue weighted by Crippen LogP contribution is 2.24. The van der Waals surface area contributed by atoms with Gasteiger partial charge in [-0.1, -0.05) is 29.7 Å². The average Bonchev–Trinajstić information content (AvgIpc) is 2.60. The number of likely N-dealkylation sites (tertiary alicyclic amines) is 1. The summed E-state index contributed by atoms with van der Waals surface area (Å²) in [5.41, 5.74) is 3.53. The van der Waals surface area contributed by atoms with Gasteiger partial charge in [0.05, 0.1) is 11.1 Å². The molecule has 1 N–H and O–H groups in total. The van der Waals surface area contributed by atoms with E-state index in [1.165, 1.54) is 19.3 Å². The number of hydrogen-bond donors (Lipinski definition) is 1. The predicted octanol–water partition coefficient (Wildman–Crippen LogP) is 4.11. The number of amides is 1. The van der Waals surface area contributed by atoms with Gasteiger partial charge in [-0.3, -0.25) is 9.69 Å². The van der Waals surface area contributed by atoms with Crippen LogP contribution in [0.1, 0.15) is 47.7 Å². The normalized spacial score (nSPS) is 16.8. The van der Waals surface area contributed by atoms with E-state index in [1.807, 2.05) is 26.0 Å². The number of carbonyl (C=O) groups excluding carboxylic acids is 1. The molecule has 0 spiro atoms. The zero-order valence-corrected chi connectivity index (χ0v) is 16.0. The minimum absolute atomic E-state index is 0.151. The second-order valence-corrected chi connectivity index (χ2v) is 7.49. The molecule has 134 valence electrons. The summed E-state index contributed by atoms with van der Waals surface area (Å²) in [5.74, 6) is -0.151. The molecule has 5 heteroatoms. The Morgan fingerprint density at radius 3 is 2.68 bits per heavy atom. The molecule has 2 heterocycles. The van der Waals surface area contributed by atoms with Gasteiger partial charge in [0.25, 0.3) is 5.91 Å². The van der Waals surface area contributed by atoms with E-state index >= 15 is 0 Å². The van der Waals surface area contributed by atoms with Gasteiger partial charge in [-0.2, -0.15) is 0 Å². The largest absolute Gasteiger partial charge is 0.350 e. The van der Waals surface area contributed by atoms with E-state index in [0.29, 0.717) is 18.2 Å². The van der Waals surface area contributed by atoms with E-state index in [9.17, 15) is 4.79 Å². The van der Waals surface area contributed by atoms with Crippen LogP contribution in [0.4, 0.5) is 0 Å². The number of hydrogen-bond acceptors (Lipinski definition) is 3. The molecule has 0 bridgehead atoms. The molecule has 1 aromatic carbocycles. The fraction of sp³-hybridized carbons (Fsp3) is 0.500. The lowest BCUT2D eigenvalue weighted by atomic mass is 10.1. The van der Waals surface area contributed by atoms with Crippen LogP contribution in [0, 0.1) is 13.8 Å². The first-order valence-electron chi connectivity index (χ1n) is 9.05. The number of fused-ring (bicyclic) bond motifs is 1. The Morgan fingerprint density at radius 1 is 1.24 bits per heavy atom. The number of benzene rings is 1. The minimum atomic E-state index is -0.151. The molecule has 0 radical (unpaired) electrons. The van der Waals surface area contributed by atoms with Crippen molar-refractivity contribution in [3.63, 3.8) is 0 Å². The van der Waals surface area contributed by atoms with Crippen LogP contribution in [0.2, 0.25) is 5.15 Å². The van der Waals surface area contributed by atoms with Crippen LogP contribution < -0.4 is 5.32 Å². The van der Waals surface area contributed by atoms with Gasteiger partial charge in [-0.15, -0.1) is 0 Å². The lowest BCUT2D eigenvalue weighted by Crippen LogP contribution is -2.44. The number of aryl methyl sites for hydroxylation is 2. The maximum absolute atomic E-state index is 12.6. The molecular formula is C20H26ClN3O. The molecule has 1 aliphatic heterocycles. The zero-order chi connectivity index (χ0) is 18.0.